The van der Waals surface area contributed by atoms with Crippen molar-refractivity contribution in [2.24, 2.45) is 5.73 Å². The van der Waals surface area contributed by atoms with Crippen LogP contribution in [0.1, 0.15) is 24.5 Å². The molecular weight excluding hydrogens is 235 g/mol. The van der Waals surface area contributed by atoms with Gasteiger partial charge in [-0.15, -0.1) is 0 Å². The maximum absolute atomic E-state index is 13.3. The van der Waals surface area contributed by atoms with Gasteiger partial charge in [0.1, 0.15) is 5.82 Å². The second-order valence-electron chi connectivity index (χ2n) is 4.32. The molecule has 1 rings (SSSR count). The molecule has 0 bridgehead atoms. The van der Waals surface area contributed by atoms with Crippen molar-refractivity contribution in [3.8, 4) is 0 Å². The molecule has 0 saturated heterocycles. The van der Waals surface area contributed by atoms with Gasteiger partial charge in [-0.25, -0.2) is 4.39 Å². The number of benzene rings is 1. The van der Waals surface area contributed by atoms with Crippen molar-refractivity contribution in [2.75, 3.05) is 7.11 Å². The number of carbonyl (C=O) groups is 1. The highest BCUT2D eigenvalue weighted by Crippen LogP contribution is 2.11. The van der Waals surface area contributed by atoms with E-state index >= 15 is 0 Å². The van der Waals surface area contributed by atoms with Gasteiger partial charge in [0.05, 0.1) is 6.61 Å². The first-order valence-electron chi connectivity index (χ1n) is 5.81. The number of halogens is 1. The third kappa shape index (κ3) is 4.81. The predicted molar refractivity (Wildman–Crippen MR) is 67.2 cm³/mol. The molecular formula is C13H19FN2O2. The summed E-state index contributed by atoms with van der Waals surface area (Å²) in [6.45, 7) is 2.35. The fourth-order valence-corrected chi connectivity index (χ4v) is 1.57. The van der Waals surface area contributed by atoms with Crippen LogP contribution in [0.25, 0.3) is 0 Å². The van der Waals surface area contributed by atoms with Crippen LogP contribution in [-0.2, 0) is 22.7 Å². The van der Waals surface area contributed by atoms with Gasteiger partial charge in [-0.3, -0.25) is 4.79 Å². The lowest BCUT2D eigenvalue weighted by molar-refractivity contribution is -0.121. The van der Waals surface area contributed by atoms with Gasteiger partial charge in [0.15, 0.2) is 0 Å². The van der Waals surface area contributed by atoms with Crippen molar-refractivity contribution >= 4 is 5.91 Å². The Labute approximate surface area is 106 Å². The molecule has 100 valence electrons. The van der Waals surface area contributed by atoms with Crippen LogP contribution in [0, 0.1) is 5.82 Å². The third-order valence-electron chi connectivity index (χ3n) is 2.41. The monoisotopic (exact) mass is 254 g/mol. The molecule has 0 saturated carbocycles. The minimum Gasteiger partial charge on any atom is -0.380 e. The largest absolute Gasteiger partial charge is 0.380 e. The van der Waals surface area contributed by atoms with E-state index in [0.29, 0.717) is 12.1 Å². The summed E-state index contributed by atoms with van der Waals surface area (Å²) in [6.07, 6.45) is 0.284. The molecule has 4 nitrogen and oxygen atoms in total. The Morgan fingerprint density at radius 3 is 2.89 bits per heavy atom. The second kappa shape index (κ2) is 7.08. The highest BCUT2D eigenvalue weighted by Gasteiger charge is 2.06. The molecule has 5 heteroatoms. The van der Waals surface area contributed by atoms with Crippen LogP contribution in [0.4, 0.5) is 4.39 Å². The fourth-order valence-electron chi connectivity index (χ4n) is 1.57. The fraction of sp³-hybridized carbons (Fsp3) is 0.462. The highest BCUT2D eigenvalue weighted by molar-refractivity contribution is 5.76. The molecule has 1 unspecified atom stereocenters. The van der Waals surface area contributed by atoms with E-state index in [-0.39, 0.29) is 30.8 Å². The van der Waals surface area contributed by atoms with Gasteiger partial charge >= 0.3 is 0 Å². The van der Waals surface area contributed by atoms with Gasteiger partial charge in [-0.1, -0.05) is 6.07 Å². The van der Waals surface area contributed by atoms with Crippen molar-refractivity contribution in [1.29, 1.82) is 0 Å². The van der Waals surface area contributed by atoms with Crippen molar-refractivity contribution < 1.29 is 13.9 Å². The lowest BCUT2D eigenvalue weighted by Crippen LogP contribution is -2.29. The molecule has 1 aromatic rings. The lowest BCUT2D eigenvalue weighted by atomic mass is 10.1. The highest BCUT2D eigenvalue weighted by atomic mass is 19.1. The number of carbonyl (C=O) groups excluding carboxylic acids is 1. The number of hydrogen-bond acceptors (Lipinski definition) is 3. The maximum atomic E-state index is 13.3. The molecule has 0 aliphatic rings. The van der Waals surface area contributed by atoms with E-state index in [1.54, 1.807) is 19.1 Å². The summed E-state index contributed by atoms with van der Waals surface area (Å²) in [7, 11) is 1.51. The summed E-state index contributed by atoms with van der Waals surface area (Å²) in [4.78, 5) is 11.4. The van der Waals surface area contributed by atoms with E-state index in [0.717, 1.165) is 5.56 Å². The predicted octanol–water partition coefficient (Wildman–Crippen LogP) is 1.33. The first kappa shape index (κ1) is 14.6. The quantitative estimate of drug-likeness (QED) is 0.805. The molecule has 1 aromatic carbocycles. The van der Waals surface area contributed by atoms with Crippen LogP contribution in [0.15, 0.2) is 18.2 Å². The minimum atomic E-state index is -0.303. The van der Waals surface area contributed by atoms with Crippen molar-refractivity contribution in [3.05, 3.63) is 35.1 Å². The molecule has 0 fully saturated rings. The third-order valence-corrected chi connectivity index (χ3v) is 2.41. The number of ether oxygens (including phenoxy) is 1. The van der Waals surface area contributed by atoms with Gasteiger partial charge in [-0.2, -0.15) is 0 Å². The average Bonchev–Trinajstić information content (AvgIpc) is 2.29. The zero-order valence-electron chi connectivity index (χ0n) is 10.7. The average molecular weight is 254 g/mol. The molecule has 18 heavy (non-hydrogen) atoms. The number of methoxy groups -OCH3 is 1. The Morgan fingerprint density at radius 1 is 1.56 bits per heavy atom. The van der Waals surface area contributed by atoms with Gasteiger partial charge in [0.2, 0.25) is 5.91 Å². The van der Waals surface area contributed by atoms with Gasteiger partial charge in [-0.05, 0) is 24.6 Å². The Morgan fingerprint density at radius 2 is 2.28 bits per heavy atom. The number of nitrogens with one attached hydrogen (secondary N) is 1. The summed E-state index contributed by atoms with van der Waals surface area (Å²) in [5.74, 6) is -0.412. The summed E-state index contributed by atoms with van der Waals surface area (Å²) < 4.78 is 18.2. The first-order chi connectivity index (χ1) is 8.52. The smallest absolute Gasteiger partial charge is 0.221 e. The van der Waals surface area contributed by atoms with Gasteiger partial charge < -0.3 is 15.8 Å². The topological polar surface area (TPSA) is 64.3 Å². The normalized spacial score (nSPS) is 12.2. The SMILES string of the molecule is COCc1cc(CNC(=O)CC(C)N)ccc1F. The Balaban J connectivity index is 2.57. The molecule has 0 heterocycles. The zero-order valence-corrected chi connectivity index (χ0v) is 10.7. The Bertz CT molecular complexity index is 408. The van der Waals surface area contributed by atoms with Crippen LogP contribution in [0.5, 0.6) is 0 Å². The zero-order chi connectivity index (χ0) is 13.5. The standard InChI is InChI=1S/C13H19FN2O2/c1-9(15)5-13(17)16-7-10-3-4-12(14)11(6-10)8-18-2/h3-4,6,9H,5,7-8,15H2,1-2H3,(H,16,17). The summed E-state index contributed by atoms with van der Waals surface area (Å²) in [5.41, 5.74) is 6.84. The van der Waals surface area contributed by atoms with E-state index < -0.39 is 0 Å². The number of hydrogen-bond donors (Lipinski definition) is 2. The first-order valence-corrected chi connectivity index (χ1v) is 5.81. The van der Waals surface area contributed by atoms with Crippen molar-refractivity contribution in [2.45, 2.75) is 32.5 Å². The molecule has 1 amide bonds. The van der Waals surface area contributed by atoms with Crippen LogP contribution in [0.3, 0.4) is 0 Å². The van der Waals surface area contributed by atoms with E-state index in [1.807, 2.05) is 0 Å². The summed E-state index contributed by atoms with van der Waals surface area (Å²) in [6, 6.07) is 4.54. The second-order valence-corrected chi connectivity index (χ2v) is 4.32. The van der Waals surface area contributed by atoms with Crippen LogP contribution in [-0.4, -0.2) is 19.1 Å². The summed E-state index contributed by atoms with van der Waals surface area (Å²) >= 11 is 0. The van der Waals surface area contributed by atoms with E-state index in [2.05, 4.69) is 5.32 Å². The van der Waals surface area contributed by atoms with E-state index in [9.17, 15) is 9.18 Å². The van der Waals surface area contributed by atoms with E-state index in [4.69, 9.17) is 10.5 Å². The number of amides is 1. The van der Waals surface area contributed by atoms with Gasteiger partial charge in [0, 0.05) is 31.7 Å². The lowest BCUT2D eigenvalue weighted by Gasteiger charge is -2.09. The molecule has 0 radical (unpaired) electrons. The van der Waals surface area contributed by atoms with Crippen molar-refractivity contribution in [3.63, 3.8) is 0 Å². The van der Waals surface area contributed by atoms with Crippen LogP contribution >= 0.6 is 0 Å². The summed E-state index contributed by atoms with van der Waals surface area (Å²) in [5, 5.41) is 2.74. The van der Waals surface area contributed by atoms with E-state index in [1.165, 1.54) is 13.2 Å². The van der Waals surface area contributed by atoms with Crippen molar-refractivity contribution in [1.82, 2.24) is 5.32 Å². The Kier molecular flexibility index (Phi) is 5.74. The molecule has 0 aliphatic heterocycles. The Hall–Kier alpha value is -1.46. The number of rotatable bonds is 6. The molecule has 0 spiro atoms. The molecule has 3 N–H and O–H groups in total. The molecule has 1 atom stereocenters. The van der Waals surface area contributed by atoms with Gasteiger partial charge in [0.25, 0.3) is 0 Å². The molecule has 0 aromatic heterocycles. The van der Waals surface area contributed by atoms with Crippen LogP contribution in [0.2, 0.25) is 0 Å². The molecule has 0 aliphatic carbocycles. The minimum absolute atomic E-state index is 0.109. The van der Waals surface area contributed by atoms with Crippen LogP contribution < -0.4 is 11.1 Å². The number of nitrogens with two attached hydrogens (primary N) is 1. The maximum Gasteiger partial charge on any atom is 0.221 e.